The Morgan fingerprint density at radius 2 is 1.38 bits per heavy atom. The Morgan fingerprint density at radius 3 is 2.08 bits per heavy atom. The molecule has 6 aromatic rings. The number of rotatable bonds is 21. The standard InChI is InChI=1S/C56H70Cl3N9O3/c1-6-67(51-32-44(58)31-49(39(51)4)56(70)63-34-54-61-24-26-66(54)37-42-13-8-9-14-50(42)59)46-17-15-45(16-18-46)64(5)35-40-11-10-12-41(29-40)36-65-25-23-60-53(65)19-22-62-55(69)48-30-43(57)33-52(38(48)3)68(7-2)47-20-27-71-28-21-47/h8-14,23-26,29-33,45-47,55,62,69H,6-7,15-22,27-28,34-37H2,1-5H3,(H,63,70). The number of imidazole rings is 2. The van der Waals surface area contributed by atoms with E-state index in [4.69, 9.17) is 44.5 Å². The van der Waals surface area contributed by atoms with E-state index in [1.807, 2.05) is 72.5 Å². The topological polar surface area (TPSA) is 116 Å². The van der Waals surface area contributed by atoms with Crippen molar-refractivity contribution in [2.75, 3.05) is 49.7 Å². The first-order chi connectivity index (χ1) is 34.4. The van der Waals surface area contributed by atoms with Crippen molar-refractivity contribution in [1.29, 1.82) is 0 Å². The van der Waals surface area contributed by atoms with Crippen molar-refractivity contribution in [3.8, 4) is 0 Å². The maximum Gasteiger partial charge on any atom is 0.252 e. The van der Waals surface area contributed by atoms with E-state index in [2.05, 4.69) is 87.0 Å². The number of nitrogens with zero attached hydrogens (tertiary/aromatic N) is 7. The molecule has 3 N–H and O–H groups in total. The minimum Gasteiger partial charge on any atom is -0.381 e. The third-order valence-corrected chi connectivity index (χ3v) is 15.5. The lowest BCUT2D eigenvalue weighted by Crippen LogP contribution is -2.43. The molecule has 378 valence electrons. The van der Waals surface area contributed by atoms with E-state index in [0.717, 1.165) is 117 Å². The Morgan fingerprint density at radius 1 is 0.761 bits per heavy atom. The number of nitrogens with one attached hydrogen (secondary N) is 2. The van der Waals surface area contributed by atoms with Crippen molar-refractivity contribution in [2.45, 2.75) is 123 Å². The molecule has 4 aromatic carbocycles. The van der Waals surface area contributed by atoms with Crippen LogP contribution in [-0.2, 0) is 37.3 Å². The number of anilines is 2. The Hall–Kier alpha value is -4.92. The van der Waals surface area contributed by atoms with Gasteiger partial charge in [0, 0.05) is 133 Å². The quantitative estimate of drug-likeness (QED) is 0.0606. The molecule has 3 heterocycles. The monoisotopic (exact) mass is 1020 g/mol. The van der Waals surface area contributed by atoms with Gasteiger partial charge in [0.05, 0.1) is 13.1 Å². The van der Waals surface area contributed by atoms with Crippen molar-refractivity contribution in [3.63, 3.8) is 0 Å². The van der Waals surface area contributed by atoms with Crippen LogP contribution in [-0.4, -0.2) is 93.0 Å². The molecule has 1 saturated heterocycles. The summed E-state index contributed by atoms with van der Waals surface area (Å²) in [5.74, 6) is 1.53. The van der Waals surface area contributed by atoms with E-state index in [-0.39, 0.29) is 12.5 Å². The van der Waals surface area contributed by atoms with E-state index < -0.39 is 6.23 Å². The number of carbonyl (C=O) groups is 1. The van der Waals surface area contributed by atoms with Gasteiger partial charge in [0.1, 0.15) is 17.9 Å². The van der Waals surface area contributed by atoms with Gasteiger partial charge in [0.25, 0.3) is 5.91 Å². The first-order valence-corrected chi connectivity index (χ1v) is 26.5. The SMILES string of the molecule is CCN(c1cc(Cl)cc(C(=O)NCc2nccn2Cc2ccccc2Cl)c1C)C1CCC(N(C)Cc2cccc(Cn3ccnc3CCNC(O)c3cc(Cl)cc(N(CC)C4CCOCC4)c3C)c2)CC1. The molecule has 1 amide bonds. The van der Waals surface area contributed by atoms with Gasteiger partial charge in [0.2, 0.25) is 0 Å². The van der Waals surface area contributed by atoms with E-state index in [9.17, 15) is 9.90 Å². The third-order valence-electron chi connectivity index (χ3n) is 14.7. The lowest BCUT2D eigenvalue weighted by Gasteiger charge is -2.41. The average Bonchev–Trinajstić information content (AvgIpc) is 4.02. The summed E-state index contributed by atoms with van der Waals surface area (Å²) >= 11 is 19.9. The van der Waals surface area contributed by atoms with Crippen LogP contribution in [0, 0.1) is 13.8 Å². The summed E-state index contributed by atoms with van der Waals surface area (Å²) in [6.07, 6.45) is 13.6. The van der Waals surface area contributed by atoms with Crippen LogP contribution in [0.1, 0.15) is 114 Å². The van der Waals surface area contributed by atoms with Crippen LogP contribution in [0.3, 0.4) is 0 Å². The number of hydrogen-bond donors (Lipinski definition) is 3. The van der Waals surface area contributed by atoms with Crippen molar-refractivity contribution < 1.29 is 14.6 Å². The van der Waals surface area contributed by atoms with Gasteiger partial charge in [-0.25, -0.2) is 9.97 Å². The normalized spacial score (nSPS) is 16.9. The number of hydrogen-bond acceptors (Lipinski definition) is 9. The highest BCUT2D eigenvalue weighted by molar-refractivity contribution is 6.32. The molecule has 2 fully saturated rings. The minimum atomic E-state index is -0.861. The van der Waals surface area contributed by atoms with Crippen LogP contribution < -0.4 is 20.4 Å². The number of aliphatic hydroxyl groups is 1. The van der Waals surface area contributed by atoms with Gasteiger partial charge < -0.3 is 34.1 Å². The molecular formula is C56H70Cl3N9O3. The van der Waals surface area contributed by atoms with Gasteiger partial charge >= 0.3 is 0 Å². The first-order valence-electron chi connectivity index (χ1n) is 25.3. The number of carbonyl (C=O) groups excluding carboxylic acids is 1. The van der Waals surface area contributed by atoms with Gasteiger partial charge in [-0.3, -0.25) is 15.0 Å². The highest BCUT2D eigenvalue weighted by Gasteiger charge is 2.30. The molecule has 8 rings (SSSR count). The fraction of sp³-hybridized carbons (Fsp3) is 0.446. The smallest absolute Gasteiger partial charge is 0.252 e. The molecule has 12 nitrogen and oxygen atoms in total. The number of amides is 1. The molecule has 0 spiro atoms. The second kappa shape index (κ2) is 24.7. The Bertz CT molecular complexity index is 2710. The number of benzene rings is 4. The van der Waals surface area contributed by atoms with Crippen molar-refractivity contribution in [3.05, 3.63) is 163 Å². The molecule has 1 saturated carbocycles. The van der Waals surface area contributed by atoms with E-state index in [1.165, 1.54) is 11.1 Å². The fourth-order valence-electron chi connectivity index (χ4n) is 10.8. The minimum absolute atomic E-state index is 0.178. The van der Waals surface area contributed by atoms with Gasteiger partial charge in [-0.05, 0) is 131 Å². The third kappa shape index (κ3) is 13.0. The van der Waals surface area contributed by atoms with Crippen LogP contribution in [0.2, 0.25) is 15.1 Å². The zero-order chi connectivity index (χ0) is 50.0. The van der Waals surface area contributed by atoms with Crippen LogP contribution >= 0.6 is 34.8 Å². The molecule has 1 aliphatic carbocycles. The molecule has 0 radical (unpaired) electrons. The van der Waals surface area contributed by atoms with E-state index >= 15 is 0 Å². The number of aromatic nitrogens is 4. The van der Waals surface area contributed by atoms with Crippen molar-refractivity contribution in [2.24, 2.45) is 0 Å². The fourth-order valence-corrected chi connectivity index (χ4v) is 11.5. The molecule has 1 aliphatic heterocycles. The summed E-state index contributed by atoms with van der Waals surface area (Å²) in [6.45, 7) is 14.6. The molecular weight excluding hydrogens is 953 g/mol. The second-order valence-corrected chi connectivity index (χ2v) is 20.5. The number of aliphatic hydroxyl groups excluding tert-OH is 1. The molecule has 15 heteroatoms. The van der Waals surface area contributed by atoms with Crippen molar-refractivity contribution in [1.82, 2.24) is 34.6 Å². The van der Waals surface area contributed by atoms with E-state index in [0.29, 0.717) is 64.8 Å². The maximum atomic E-state index is 13.8. The molecule has 1 atom stereocenters. The first kappa shape index (κ1) is 52.4. The van der Waals surface area contributed by atoms with Crippen LogP contribution in [0.15, 0.2) is 97.6 Å². The predicted octanol–water partition coefficient (Wildman–Crippen LogP) is 10.8. The van der Waals surface area contributed by atoms with Gasteiger partial charge in [-0.15, -0.1) is 0 Å². The van der Waals surface area contributed by atoms with Gasteiger partial charge in [0.15, 0.2) is 0 Å². The Balaban J connectivity index is 0.825. The summed E-state index contributed by atoms with van der Waals surface area (Å²) in [5.41, 5.74) is 8.92. The summed E-state index contributed by atoms with van der Waals surface area (Å²) in [6, 6.07) is 25.5. The zero-order valence-electron chi connectivity index (χ0n) is 41.9. The lowest BCUT2D eigenvalue weighted by atomic mass is 9.88. The highest BCUT2D eigenvalue weighted by atomic mass is 35.5. The largest absolute Gasteiger partial charge is 0.381 e. The number of ether oxygens (including phenoxy) is 1. The summed E-state index contributed by atoms with van der Waals surface area (Å²) in [5, 5.41) is 19.7. The van der Waals surface area contributed by atoms with Crippen molar-refractivity contribution >= 4 is 52.1 Å². The molecule has 71 heavy (non-hydrogen) atoms. The number of halogens is 3. The summed E-state index contributed by atoms with van der Waals surface area (Å²) < 4.78 is 9.83. The molecule has 2 aromatic heterocycles. The molecule has 1 unspecified atom stereocenters. The zero-order valence-corrected chi connectivity index (χ0v) is 44.2. The van der Waals surface area contributed by atoms with E-state index in [1.54, 1.807) is 12.3 Å². The lowest BCUT2D eigenvalue weighted by molar-refractivity contribution is 0.0846. The molecule has 2 aliphatic rings. The summed E-state index contributed by atoms with van der Waals surface area (Å²) in [4.78, 5) is 30.4. The average molecular weight is 1020 g/mol. The summed E-state index contributed by atoms with van der Waals surface area (Å²) in [7, 11) is 2.25. The second-order valence-electron chi connectivity index (χ2n) is 19.2. The van der Waals surface area contributed by atoms with Crippen LogP contribution in [0.25, 0.3) is 0 Å². The molecule has 0 bridgehead atoms. The van der Waals surface area contributed by atoms with Gasteiger partial charge in [-0.2, -0.15) is 0 Å². The highest BCUT2D eigenvalue weighted by Crippen LogP contribution is 2.36. The van der Waals surface area contributed by atoms with Gasteiger partial charge in [-0.1, -0.05) is 77.3 Å². The Kier molecular flexibility index (Phi) is 18.2. The van der Waals surface area contributed by atoms with Crippen LogP contribution in [0.5, 0.6) is 0 Å². The Labute approximate surface area is 435 Å². The van der Waals surface area contributed by atoms with Crippen LogP contribution in [0.4, 0.5) is 11.4 Å². The maximum absolute atomic E-state index is 13.8. The predicted molar refractivity (Wildman–Crippen MR) is 288 cm³/mol.